The number of benzene rings is 2. The molecule has 22 heavy (non-hydrogen) atoms. The van der Waals surface area contributed by atoms with Gasteiger partial charge in [0.15, 0.2) is 0 Å². The summed E-state index contributed by atoms with van der Waals surface area (Å²) in [5, 5.41) is 8.10. The maximum Gasteiger partial charge on any atom is 0.145 e. The van der Waals surface area contributed by atoms with Crippen LogP contribution in [-0.4, -0.2) is 18.4 Å². The van der Waals surface area contributed by atoms with Crippen molar-refractivity contribution in [3.05, 3.63) is 70.5 Å². The number of hydrogen-bond acceptors (Lipinski definition) is 3. The van der Waals surface area contributed by atoms with E-state index in [-0.39, 0.29) is 11.9 Å². The van der Waals surface area contributed by atoms with Gasteiger partial charge in [-0.3, -0.25) is 0 Å². The molecule has 0 aromatic heterocycles. The highest BCUT2D eigenvalue weighted by molar-refractivity contribution is 6.30. The van der Waals surface area contributed by atoms with E-state index in [1.165, 1.54) is 12.1 Å². The first kappa shape index (κ1) is 15.0. The van der Waals surface area contributed by atoms with Crippen LogP contribution >= 0.6 is 11.6 Å². The van der Waals surface area contributed by atoms with Gasteiger partial charge in [-0.15, -0.1) is 0 Å². The van der Waals surface area contributed by atoms with Crippen LogP contribution in [-0.2, 0) is 11.4 Å². The third-order valence-electron chi connectivity index (χ3n) is 3.50. The molecule has 1 heterocycles. The molecule has 0 saturated heterocycles. The van der Waals surface area contributed by atoms with Crippen molar-refractivity contribution >= 4 is 17.3 Å². The van der Waals surface area contributed by atoms with E-state index in [1.54, 1.807) is 6.07 Å². The van der Waals surface area contributed by atoms with Crippen molar-refractivity contribution < 1.29 is 9.23 Å². The van der Waals surface area contributed by atoms with Crippen LogP contribution in [0, 0.1) is 5.82 Å². The molecule has 0 fully saturated rings. The van der Waals surface area contributed by atoms with Crippen molar-refractivity contribution in [2.75, 3.05) is 6.54 Å². The molecule has 1 aliphatic heterocycles. The predicted molar refractivity (Wildman–Crippen MR) is 85.6 cm³/mol. The molecule has 0 spiro atoms. The van der Waals surface area contributed by atoms with Gasteiger partial charge in [0, 0.05) is 24.5 Å². The highest BCUT2D eigenvalue weighted by Crippen LogP contribution is 2.18. The zero-order valence-electron chi connectivity index (χ0n) is 11.9. The van der Waals surface area contributed by atoms with Gasteiger partial charge in [0.2, 0.25) is 0 Å². The number of nitrogens with zero attached hydrogens (tertiary/aromatic N) is 1. The molecule has 5 heteroatoms. The summed E-state index contributed by atoms with van der Waals surface area (Å²) in [6.45, 7) is 1.27. The fourth-order valence-electron chi connectivity index (χ4n) is 2.38. The van der Waals surface area contributed by atoms with Gasteiger partial charge in [-0.2, -0.15) is 0 Å². The summed E-state index contributed by atoms with van der Waals surface area (Å²) in [6, 6.07) is 14.1. The third-order valence-corrected chi connectivity index (χ3v) is 3.75. The number of oxime groups is 1. The lowest BCUT2D eigenvalue weighted by atomic mass is 10.1. The summed E-state index contributed by atoms with van der Waals surface area (Å²) in [7, 11) is 0. The van der Waals surface area contributed by atoms with Crippen molar-refractivity contribution in [2.24, 2.45) is 5.16 Å². The topological polar surface area (TPSA) is 33.6 Å². The number of hydrogen-bond donors (Lipinski definition) is 1. The fourth-order valence-corrected chi connectivity index (χ4v) is 2.50. The zero-order chi connectivity index (χ0) is 15.4. The average Bonchev–Trinajstić information content (AvgIpc) is 2.97. The van der Waals surface area contributed by atoms with Crippen LogP contribution in [0.15, 0.2) is 53.7 Å². The maximum atomic E-state index is 13.1. The minimum atomic E-state index is -0.218. The molecule has 1 atom stereocenters. The zero-order valence-corrected chi connectivity index (χ0v) is 12.7. The number of rotatable bonds is 5. The molecule has 1 N–H and O–H groups in total. The molecule has 2 aromatic rings. The van der Waals surface area contributed by atoms with Crippen LogP contribution in [0.5, 0.6) is 0 Å². The Balaban J connectivity index is 1.47. The minimum absolute atomic E-state index is 0.000706. The molecule has 2 aromatic carbocycles. The first-order chi connectivity index (χ1) is 10.7. The molecule has 114 valence electrons. The Bertz CT molecular complexity index is 673. The molecule has 0 unspecified atom stereocenters. The lowest BCUT2D eigenvalue weighted by Crippen LogP contribution is -2.26. The monoisotopic (exact) mass is 318 g/mol. The van der Waals surface area contributed by atoms with E-state index >= 15 is 0 Å². The van der Waals surface area contributed by atoms with Gasteiger partial charge in [-0.05, 0) is 35.4 Å². The smallest absolute Gasteiger partial charge is 0.145 e. The van der Waals surface area contributed by atoms with Crippen molar-refractivity contribution in [1.29, 1.82) is 0 Å². The Morgan fingerprint density at radius 3 is 2.82 bits per heavy atom. The lowest BCUT2D eigenvalue weighted by Gasteiger charge is -2.09. The van der Waals surface area contributed by atoms with Gasteiger partial charge in [0.05, 0.1) is 5.71 Å². The Labute approximate surface area is 133 Å². The Kier molecular flexibility index (Phi) is 4.71. The van der Waals surface area contributed by atoms with E-state index in [0.29, 0.717) is 18.1 Å². The van der Waals surface area contributed by atoms with Crippen molar-refractivity contribution in [1.82, 2.24) is 5.32 Å². The van der Waals surface area contributed by atoms with Gasteiger partial charge >= 0.3 is 0 Å². The first-order valence-electron chi connectivity index (χ1n) is 7.14. The summed E-state index contributed by atoms with van der Waals surface area (Å²) in [6.07, 6.45) is 0.747. The van der Waals surface area contributed by atoms with E-state index in [9.17, 15) is 4.39 Å². The van der Waals surface area contributed by atoms with Crippen LogP contribution in [0.25, 0.3) is 0 Å². The highest BCUT2D eigenvalue weighted by Gasteiger charge is 2.21. The summed E-state index contributed by atoms with van der Waals surface area (Å²) in [5.74, 6) is -0.218. The summed E-state index contributed by atoms with van der Waals surface area (Å²) < 4.78 is 13.1. The Morgan fingerprint density at radius 1 is 1.23 bits per heavy atom. The van der Waals surface area contributed by atoms with Crippen molar-refractivity contribution in [2.45, 2.75) is 19.1 Å². The molecule has 0 radical (unpaired) electrons. The molecule has 0 bridgehead atoms. The first-order valence-corrected chi connectivity index (χ1v) is 7.52. The molecule has 3 rings (SSSR count). The SMILES string of the molecule is Fc1cccc(CNC[C@@H]2CC(c3ccc(Cl)cc3)=NO2)c1. The fraction of sp³-hybridized carbons (Fsp3) is 0.235. The second kappa shape index (κ2) is 6.90. The van der Waals surface area contributed by atoms with Gasteiger partial charge in [-0.1, -0.05) is 41.0 Å². The average molecular weight is 319 g/mol. The van der Waals surface area contributed by atoms with Gasteiger partial charge in [0.25, 0.3) is 0 Å². The lowest BCUT2D eigenvalue weighted by molar-refractivity contribution is 0.0848. The molecule has 3 nitrogen and oxygen atoms in total. The quantitative estimate of drug-likeness (QED) is 0.910. The van der Waals surface area contributed by atoms with Crippen LogP contribution in [0.2, 0.25) is 5.02 Å². The number of nitrogens with one attached hydrogen (secondary N) is 1. The normalized spacial score (nSPS) is 17.2. The molecular formula is C17H16ClFN2O. The summed E-state index contributed by atoms with van der Waals surface area (Å²) in [5.41, 5.74) is 2.86. The largest absolute Gasteiger partial charge is 0.390 e. The predicted octanol–water partition coefficient (Wildman–Crippen LogP) is 3.76. The van der Waals surface area contributed by atoms with E-state index in [1.807, 2.05) is 30.3 Å². The standard InChI is InChI=1S/C17H16ClFN2O/c18-14-6-4-13(5-7-14)17-9-16(22-21-17)11-20-10-12-2-1-3-15(19)8-12/h1-8,16,20H,9-11H2/t16-/m0/s1. The van der Waals surface area contributed by atoms with Crippen molar-refractivity contribution in [3.8, 4) is 0 Å². The van der Waals surface area contributed by atoms with E-state index in [2.05, 4.69) is 10.5 Å². The molecule has 0 saturated carbocycles. The van der Waals surface area contributed by atoms with Crippen LogP contribution in [0.3, 0.4) is 0 Å². The maximum absolute atomic E-state index is 13.1. The van der Waals surface area contributed by atoms with Crippen LogP contribution in [0.1, 0.15) is 17.5 Å². The van der Waals surface area contributed by atoms with Crippen LogP contribution < -0.4 is 5.32 Å². The second-order valence-electron chi connectivity index (χ2n) is 5.24. The van der Waals surface area contributed by atoms with E-state index in [0.717, 1.165) is 23.3 Å². The molecular weight excluding hydrogens is 303 g/mol. The van der Waals surface area contributed by atoms with Gasteiger partial charge < -0.3 is 10.2 Å². The van der Waals surface area contributed by atoms with Gasteiger partial charge in [0.1, 0.15) is 11.9 Å². The molecule has 0 aliphatic carbocycles. The Hall–Kier alpha value is -1.91. The second-order valence-corrected chi connectivity index (χ2v) is 5.67. The molecule has 1 aliphatic rings. The van der Waals surface area contributed by atoms with E-state index in [4.69, 9.17) is 16.4 Å². The highest BCUT2D eigenvalue weighted by atomic mass is 35.5. The molecule has 0 amide bonds. The summed E-state index contributed by atoms with van der Waals surface area (Å²) in [4.78, 5) is 5.43. The van der Waals surface area contributed by atoms with Crippen LogP contribution in [0.4, 0.5) is 4.39 Å². The Morgan fingerprint density at radius 2 is 2.05 bits per heavy atom. The van der Waals surface area contributed by atoms with E-state index < -0.39 is 0 Å². The minimum Gasteiger partial charge on any atom is -0.390 e. The summed E-state index contributed by atoms with van der Waals surface area (Å²) >= 11 is 5.88. The third kappa shape index (κ3) is 3.84. The van der Waals surface area contributed by atoms with Gasteiger partial charge in [-0.25, -0.2) is 4.39 Å². The number of halogens is 2. The van der Waals surface area contributed by atoms with Crippen molar-refractivity contribution in [3.63, 3.8) is 0 Å².